The zero-order valence-electron chi connectivity index (χ0n) is 17.6. The third-order valence-electron chi connectivity index (χ3n) is 4.60. The van der Waals surface area contributed by atoms with Crippen LogP contribution >= 0.6 is 0 Å². The van der Waals surface area contributed by atoms with E-state index in [-0.39, 0.29) is 24.9 Å². The molecular formula is C24H20N2O7. The fraction of sp³-hybridized carbons (Fsp3) is 0.125. The van der Waals surface area contributed by atoms with Crippen molar-refractivity contribution < 1.29 is 33.0 Å². The number of furan rings is 1. The number of carbonyl (C=O) groups excluding carboxylic acids is 3. The molecule has 4 rings (SSSR count). The summed E-state index contributed by atoms with van der Waals surface area (Å²) in [7, 11) is 0. The third-order valence-corrected chi connectivity index (χ3v) is 4.60. The van der Waals surface area contributed by atoms with Crippen LogP contribution in [-0.2, 0) is 9.53 Å². The summed E-state index contributed by atoms with van der Waals surface area (Å²) in [6.45, 7) is 2.10. The Bertz CT molecular complexity index is 1200. The van der Waals surface area contributed by atoms with Gasteiger partial charge in [0.25, 0.3) is 11.8 Å². The molecule has 1 aliphatic rings. The SMILES string of the molecule is CCOC(=O)c1ccc(NC(=O)/C(=C\c2ccc3c(c2)OCO3)NC(=O)c2ccco2)cc1. The maximum absolute atomic E-state index is 13.0. The topological polar surface area (TPSA) is 116 Å². The van der Waals surface area contributed by atoms with E-state index >= 15 is 0 Å². The van der Waals surface area contributed by atoms with Crippen molar-refractivity contribution in [1.29, 1.82) is 0 Å². The van der Waals surface area contributed by atoms with E-state index in [0.29, 0.717) is 28.3 Å². The monoisotopic (exact) mass is 448 g/mol. The van der Waals surface area contributed by atoms with E-state index in [0.717, 1.165) is 0 Å². The average Bonchev–Trinajstić information content (AvgIpc) is 3.51. The van der Waals surface area contributed by atoms with Gasteiger partial charge in [0.05, 0.1) is 18.4 Å². The van der Waals surface area contributed by atoms with Gasteiger partial charge in [0.1, 0.15) is 5.70 Å². The van der Waals surface area contributed by atoms with Gasteiger partial charge >= 0.3 is 5.97 Å². The van der Waals surface area contributed by atoms with Crippen LogP contribution in [0.3, 0.4) is 0 Å². The van der Waals surface area contributed by atoms with Crippen molar-refractivity contribution >= 4 is 29.5 Å². The standard InChI is InChI=1S/C24H20N2O7/c1-2-30-24(29)16-6-8-17(9-7-16)25-22(27)18(26-23(28)20-4-3-11-31-20)12-15-5-10-19-21(13-15)33-14-32-19/h3-13H,2,14H2,1H3,(H,25,27)(H,26,28)/b18-12+. The number of ether oxygens (including phenoxy) is 3. The van der Waals surface area contributed by atoms with Gasteiger partial charge in [0.2, 0.25) is 6.79 Å². The highest BCUT2D eigenvalue weighted by molar-refractivity contribution is 6.10. The van der Waals surface area contributed by atoms with Crippen molar-refractivity contribution in [1.82, 2.24) is 5.32 Å². The molecule has 9 heteroatoms. The molecule has 0 saturated carbocycles. The lowest BCUT2D eigenvalue weighted by molar-refractivity contribution is -0.113. The van der Waals surface area contributed by atoms with Gasteiger partial charge < -0.3 is 29.3 Å². The Labute approximate surface area is 188 Å². The Morgan fingerprint density at radius 2 is 1.82 bits per heavy atom. The van der Waals surface area contributed by atoms with Crippen molar-refractivity contribution in [3.63, 3.8) is 0 Å². The van der Waals surface area contributed by atoms with Crippen molar-refractivity contribution in [2.24, 2.45) is 0 Å². The third kappa shape index (κ3) is 5.21. The van der Waals surface area contributed by atoms with Crippen LogP contribution in [0, 0.1) is 0 Å². The molecule has 1 aliphatic heterocycles. The second kappa shape index (κ2) is 9.73. The van der Waals surface area contributed by atoms with Crippen LogP contribution in [0.15, 0.2) is 71.0 Å². The molecule has 0 spiro atoms. The molecule has 2 N–H and O–H groups in total. The van der Waals surface area contributed by atoms with Crippen molar-refractivity contribution in [2.75, 3.05) is 18.7 Å². The van der Waals surface area contributed by atoms with Gasteiger partial charge in [-0.1, -0.05) is 6.07 Å². The normalized spacial score (nSPS) is 12.2. The number of anilines is 1. The number of hydrogen-bond acceptors (Lipinski definition) is 7. The molecular weight excluding hydrogens is 428 g/mol. The number of carbonyl (C=O) groups is 3. The van der Waals surface area contributed by atoms with Gasteiger partial charge in [-0.2, -0.15) is 0 Å². The van der Waals surface area contributed by atoms with Gasteiger partial charge in [-0.05, 0) is 67.1 Å². The Kier molecular flexibility index (Phi) is 6.40. The molecule has 9 nitrogen and oxygen atoms in total. The number of esters is 1. The van der Waals surface area contributed by atoms with E-state index in [2.05, 4.69) is 10.6 Å². The van der Waals surface area contributed by atoms with Crippen molar-refractivity contribution in [2.45, 2.75) is 6.92 Å². The minimum absolute atomic E-state index is 0.0234. The Balaban J connectivity index is 1.56. The van der Waals surface area contributed by atoms with Crippen LogP contribution in [0.5, 0.6) is 11.5 Å². The van der Waals surface area contributed by atoms with E-state index in [1.54, 1.807) is 43.3 Å². The Morgan fingerprint density at radius 3 is 2.55 bits per heavy atom. The minimum Gasteiger partial charge on any atom is -0.462 e. The molecule has 2 heterocycles. The molecule has 0 radical (unpaired) electrons. The molecule has 0 aliphatic carbocycles. The summed E-state index contributed by atoms with van der Waals surface area (Å²) in [5, 5.41) is 5.27. The van der Waals surface area contributed by atoms with Crippen LogP contribution in [0.2, 0.25) is 0 Å². The van der Waals surface area contributed by atoms with Gasteiger partial charge in [-0.15, -0.1) is 0 Å². The van der Waals surface area contributed by atoms with Crippen LogP contribution in [0.25, 0.3) is 6.08 Å². The summed E-state index contributed by atoms with van der Waals surface area (Å²) in [6.07, 6.45) is 2.87. The summed E-state index contributed by atoms with van der Waals surface area (Å²) >= 11 is 0. The predicted molar refractivity (Wildman–Crippen MR) is 118 cm³/mol. The highest BCUT2D eigenvalue weighted by Gasteiger charge is 2.18. The Hall–Kier alpha value is -4.53. The summed E-state index contributed by atoms with van der Waals surface area (Å²) in [6, 6.07) is 14.4. The van der Waals surface area contributed by atoms with Crippen LogP contribution in [0.1, 0.15) is 33.4 Å². The molecule has 0 atom stereocenters. The van der Waals surface area contributed by atoms with E-state index < -0.39 is 17.8 Å². The quantitative estimate of drug-likeness (QED) is 0.419. The van der Waals surface area contributed by atoms with Crippen molar-refractivity contribution in [3.05, 3.63) is 83.4 Å². The van der Waals surface area contributed by atoms with Crippen molar-refractivity contribution in [3.8, 4) is 11.5 Å². The lowest BCUT2D eigenvalue weighted by Crippen LogP contribution is -2.30. The van der Waals surface area contributed by atoms with Gasteiger partial charge in [0.15, 0.2) is 17.3 Å². The Morgan fingerprint density at radius 1 is 1.03 bits per heavy atom. The largest absolute Gasteiger partial charge is 0.462 e. The average molecular weight is 448 g/mol. The first-order valence-electron chi connectivity index (χ1n) is 10.1. The maximum atomic E-state index is 13.0. The molecule has 2 amide bonds. The highest BCUT2D eigenvalue weighted by atomic mass is 16.7. The highest BCUT2D eigenvalue weighted by Crippen LogP contribution is 2.33. The maximum Gasteiger partial charge on any atom is 0.338 e. The number of nitrogens with one attached hydrogen (secondary N) is 2. The summed E-state index contributed by atoms with van der Waals surface area (Å²) in [5.41, 5.74) is 1.38. The molecule has 0 saturated heterocycles. The molecule has 0 unspecified atom stereocenters. The lowest BCUT2D eigenvalue weighted by Gasteiger charge is -2.11. The fourth-order valence-corrected chi connectivity index (χ4v) is 3.02. The second-order valence-corrected chi connectivity index (χ2v) is 6.85. The van der Waals surface area contributed by atoms with Crippen LogP contribution < -0.4 is 20.1 Å². The zero-order valence-corrected chi connectivity index (χ0v) is 17.6. The summed E-state index contributed by atoms with van der Waals surface area (Å²) < 4.78 is 20.7. The van der Waals surface area contributed by atoms with E-state index in [9.17, 15) is 14.4 Å². The first-order valence-corrected chi connectivity index (χ1v) is 10.1. The molecule has 2 aromatic carbocycles. The smallest absolute Gasteiger partial charge is 0.338 e. The zero-order chi connectivity index (χ0) is 23.2. The number of hydrogen-bond donors (Lipinski definition) is 2. The van der Waals surface area contributed by atoms with E-state index in [1.165, 1.54) is 30.5 Å². The minimum atomic E-state index is -0.584. The summed E-state index contributed by atoms with van der Waals surface area (Å²) in [4.78, 5) is 37.3. The van der Waals surface area contributed by atoms with Gasteiger partial charge in [-0.25, -0.2) is 4.79 Å². The first-order chi connectivity index (χ1) is 16.0. The number of amides is 2. The molecule has 33 heavy (non-hydrogen) atoms. The lowest BCUT2D eigenvalue weighted by atomic mass is 10.1. The fourth-order valence-electron chi connectivity index (χ4n) is 3.02. The second-order valence-electron chi connectivity index (χ2n) is 6.85. The van der Waals surface area contributed by atoms with Gasteiger partial charge in [-0.3, -0.25) is 9.59 Å². The molecule has 168 valence electrons. The molecule has 0 bridgehead atoms. The van der Waals surface area contributed by atoms with Gasteiger partial charge in [0, 0.05) is 5.69 Å². The molecule has 1 aromatic heterocycles. The van der Waals surface area contributed by atoms with E-state index in [1.807, 2.05) is 0 Å². The van der Waals surface area contributed by atoms with Crippen LogP contribution in [-0.4, -0.2) is 31.2 Å². The molecule has 3 aromatic rings. The number of rotatable bonds is 7. The number of benzene rings is 2. The summed E-state index contributed by atoms with van der Waals surface area (Å²) in [5.74, 6) is -0.422. The number of fused-ring (bicyclic) bond motifs is 1. The molecule has 0 fully saturated rings. The van der Waals surface area contributed by atoms with E-state index in [4.69, 9.17) is 18.6 Å². The first kappa shape index (κ1) is 21.7. The predicted octanol–water partition coefficient (Wildman–Crippen LogP) is 3.59. The van der Waals surface area contributed by atoms with Crippen LogP contribution in [0.4, 0.5) is 5.69 Å².